The number of amides is 1. The molecule has 0 aliphatic rings. The van der Waals surface area contributed by atoms with Gasteiger partial charge in [0.15, 0.2) is 0 Å². The summed E-state index contributed by atoms with van der Waals surface area (Å²) in [5, 5.41) is 12.1. The number of hydrogen-bond donors (Lipinski definition) is 1. The summed E-state index contributed by atoms with van der Waals surface area (Å²) in [5.41, 5.74) is 1.32. The number of hydrogen-bond acceptors (Lipinski definition) is 5. The molecule has 2 aromatic rings. The molecule has 2 aromatic carbocycles. The van der Waals surface area contributed by atoms with E-state index in [-0.39, 0.29) is 5.57 Å². The van der Waals surface area contributed by atoms with Gasteiger partial charge >= 0.3 is 0 Å². The zero-order chi connectivity index (χ0) is 18.9. The van der Waals surface area contributed by atoms with Crippen LogP contribution in [-0.2, 0) is 4.79 Å². The lowest BCUT2D eigenvalue weighted by molar-refractivity contribution is -0.112. The van der Waals surface area contributed by atoms with E-state index in [1.165, 1.54) is 6.08 Å². The second-order valence-electron chi connectivity index (χ2n) is 5.20. The smallest absolute Gasteiger partial charge is 0.266 e. The number of anilines is 1. The molecule has 0 unspecified atom stereocenters. The van der Waals surface area contributed by atoms with Crippen molar-refractivity contribution in [3.05, 3.63) is 53.6 Å². The Morgan fingerprint density at radius 2 is 2.00 bits per heavy atom. The van der Waals surface area contributed by atoms with Crippen molar-refractivity contribution in [3.8, 4) is 17.6 Å². The zero-order valence-electron chi connectivity index (χ0n) is 14.9. The van der Waals surface area contributed by atoms with Gasteiger partial charge < -0.3 is 14.8 Å². The van der Waals surface area contributed by atoms with Crippen LogP contribution in [0.15, 0.2) is 52.9 Å². The average molecular weight is 368 g/mol. The molecular formula is C20H20N2O3S. The second kappa shape index (κ2) is 9.54. The molecule has 26 heavy (non-hydrogen) atoms. The van der Waals surface area contributed by atoms with Crippen molar-refractivity contribution in [3.63, 3.8) is 0 Å². The first-order valence-corrected chi connectivity index (χ1v) is 9.21. The summed E-state index contributed by atoms with van der Waals surface area (Å²) in [6, 6.07) is 14.5. The Kier molecular flexibility index (Phi) is 7.12. The van der Waals surface area contributed by atoms with Crippen LogP contribution < -0.4 is 14.8 Å². The number of nitrogens with zero attached hydrogens (tertiary/aromatic N) is 1. The number of benzene rings is 2. The van der Waals surface area contributed by atoms with Crippen molar-refractivity contribution >= 4 is 29.4 Å². The molecule has 0 saturated carbocycles. The number of methoxy groups -OCH3 is 1. The molecule has 0 aromatic heterocycles. The molecule has 1 amide bonds. The summed E-state index contributed by atoms with van der Waals surface area (Å²) < 4.78 is 10.7. The predicted molar refractivity (Wildman–Crippen MR) is 105 cm³/mol. The van der Waals surface area contributed by atoms with E-state index in [1.807, 2.05) is 31.4 Å². The maximum Gasteiger partial charge on any atom is 0.266 e. The predicted octanol–water partition coefficient (Wildman–Crippen LogP) is 4.36. The van der Waals surface area contributed by atoms with Gasteiger partial charge in [-0.15, -0.1) is 11.8 Å². The fraction of sp³-hybridized carbons (Fsp3) is 0.200. The third kappa shape index (κ3) is 5.04. The highest BCUT2D eigenvalue weighted by molar-refractivity contribution is 7.98. The Hall–Kier alpha value is -2.91. The summed E-state index contributed by atoms with van der Waals surface area (Å²) in [7, 11) is 1.59. The number of carbonyl (C=O) groups is 1. The van der Waals surface area contributed by atoms with Crippen molar-refractivity contribution in [2.24, 2.45) is 0 Å². The maximum atomic E-state index is 12.4. The Balaban J connectivity index is 2.17. The monoisotopic (exact) mass is 368 g/mol. The number of carbonyl (C=O) groups excluding carboxylic acids is 1. The molecule has 0 aliphatic carbocycles. The minimum Gasteiger partial charge on any atom is -0.496 e. The van der Waals surface area contributed by atoms with Gasteiger partial charge in [0, 0.05) is 10.6 Å². The van der Waals surface area contributed by atoms with Gasteiger partial charge in [0.05, 0.1) is 13.7 Å². The molecule has 6 heteroatoms. The second-order valence-corrected chi connectivity index (χ2v) is 6.04. The first-order valence-electron chi connectivity index (χ1n) is 7.99. The minimum atomic E-state index is -0.468. The standard InChI is InChI=1S/C20H20N2O3S/c1-4-25-17-8-6-16(7-9-17)22-20(23)15(13-21)11-14-5-10-19(26-3)18(12-14)24-2/h5-12H,4H2,1-3H3,(H,22,23)/b15-11-. The van der Waals surface area contributed by atoms with Crippen LogP contribution in [0.4, 0.5) is 5.69 Å². The molecule has 134 valence electrons. The molecule has 0 saturated heterocycles. The first-order chi connectivity index (χ1) is 12.6. The van der Waals surface area contributed by atoms with Crippen molar-refractivity contribution in [1.82, 2.24) is 0 Å². The molecule has 0 bridgehead atoms. The molecule has 0 heterocycles. The van der Waals surface area contributed by atoms with E-state index in [1.54, 1.807) is 49.2 Å². The van der Waals surface area contributed by atoms with E-state index in [0.29, 0.717) is 18.0 Å². The molecule has 0 atom stereocenters. The van der Waals surface area contributed by atoms with E-state index in [0.717, 1.165) is 16.2 Å². The van der Waals surface area contributed by atoms with Crippen LogP contribution in [0.3, 0.4) is 0 Å². The first kappa shape index (κ1) is 19.4. The minimum absolute atomic E-state index is 0.0119. The van der Waals surface area contributed by atoms with Crippen LogP contribution in [0, 0.1) is 11.3 Å². The molecular weight excluding hydrogens is 348 g/mol. The fourth-order valence-electron chi connectivity index (χ4n) is 2.26. The van der Waals surface area contributed by atoms with Crippen LogP contribution >= 0.6 is 11.8 Å². The number of nitrogens with one attached hydrogen (secondary N) is 1. The molecule has 5 nitrogen and oxygen atoms in total. The maximum absolute atomic E-state index is 12.4. The van der Waals surface area contributed by atoms with Gasteiger partial charge in [-0.3, -0.25) is 4.79 Å². The van der Waals surface area contributed by atoms with Gasteiger partial charge in [-0.1, -0.05) is 6.07 Å². The Morgan fingerprint density at radius 3 is 2.58 bits per heavy atom. The number of ether oxygens (including phenoxy) is 2. The summed E-state index contributed by atoms with van der Waals surface area (Å²) in [5.74, 6) is 0.961. The largest absolute Gasteiger partial charge is 0.496 e. The van der Waals surface area contributed by atoms with Gasteiger partial charge in [0.25, 0.3) is 5.91 Å². The molecule has 1 N–H and O–H groups in total. The lowest BCUT2D eigenvalue weighted by atomic mass is 10.1. The van der Waals surface area contributed by atoms with Gasteiger partial charge in [0.1, 0.15) is 23.1 Å². The third-order valence-electron chi connectivity index (χ3n) is 3.51. The molecule has 0 aliphatic heterocycles. The molecule has 0 fully saturated rings. The van der Waals surface area contributed by atoms with Gasteiger partial charge in [0.2, 0.25) is 0 Å². The normalized spacial score (nSPS) is 10.8. The van der Waals surface area contributed by atoms with Gasteiger partial charge in [-0.2, -0.15) is 5.26 Å². The van der Waals surface area contributed by atoms with E-state index >= 15 is 0 Å². The van der Waals surface area contributed by atoms with Gasteiger partial charge in [-0.25, -0.2) is 0 Å². The van der Waals surface area contributed by atoms with Crippen LogP contribution in [0.25, 0.3) is 6.08 Å². The summed E-state index contributed by atoms with van der Waals surface area (Å²) in [6.07, 6.45) is 3.49. The third-order valence-corrected chi connectivity index (χ3v) is 4.28. The Morgan fingerprint density at radius 1 is 1.27 bits per heavy atom. The van der Waals surface area contributed by atoms with Crippen molar-refractivity contribution < 1.29 is 14.3 Å². The highest BCUT2D eigenvalue weighted by Gasteiger charge is 2.11. The van der Waals surface area contributed by atoms with E-state index in [2.05, 4.69) is 5.32 Å². The Bertz CT molecular complexity index is 839. The Labute approximate surface area is 157 Å². The summed E-state index contributed by atoms with van der Waals surface area (Å²) >= 11 is 1.57. The van der Waals surface area contributed by atoms with Crippen LogP contribution in [-0.4, -0.2) is 25.9 Å². The van der Waals surface area contributed by atoms with E-state index < -0.39 is 5.91 Å². The van der Waals surface area contributed by atoms with Crippen molar-refractivity contribution in [2.75, 3.05) is 25.3 Å². The number of nitriles is 1. The van der Waals surface area contributed by atoms with E-state index in [9.17, 15) is 10.1 Å². The number of thioether (sulfide) groups is 1. The fourth-order valence-corrected chi connectivity index (χ4v) is 2.81. The molecule has 0 radical (unpaired) electrons. The van der Waals surface area contributed by atoms with Crippen molar-refractivity contribution in [2.45, 2.75) is 11.8 Å². The number of rotatable bonds is 7. The topological polar surface area (TPSA) is 71.3 Å². The average Bonchev–Trinajstić information content (AvgIpc) is 2.67. The van der Waals surface area contributed by atoms with Crippen LogP contribution in [0.2, 0.25) is 0 Å². The van der Waals surface area contributed by atoms with Crippen LogP contribution in [0.1, 0.15) is 12.5 Å². The molecule has 0 spiro atoms. The summed E-state index contributed by atoms with van der Waals surface area (Å²) in [6.45, 7) is 2.48. The highest BCUT2D eigenvalue weighted by Crippen LogP contribution is 2.29. The molecule has 2 rings (SSSR count). The van der Waals surface area contributed by atoms with Gasteiger partial charge in [-0.05, 0) is 61.2 Å². The van der Waals surface area contributed by atoms with Crippen molar-refractivity contribution in [1.29, 1.82) is 5.26 Å². The quantitative estimate of drug-likeness (QED) is 0.447. The summed E-state index contributed by atoms with van der Waals surface area (Å²) in [4.78, 5) is 13.4. The highest BCUT2D eigenvalue weighted by atomic mass is 32.2. The SMILES string of the molecule is CCOc1ccc(NC(=O)/C(C#N)=C\c2ccc(SC)c(OC)c2)cc1. The lowest BCUT2D eigenvalue weighted by Crippen LogP contribution is -2.13. The lowest BCUT2D eigenvalue weighted by Gasteiger charge is -2.08. The zero-order valence-corrected chi connectivity index (χ0v) is 15.7. The van der Waals surface area contributed by atoms with E-state index in [4.69, 9.17) is 9.47 Å². The van der Waals surface area contributed by atoms with Crippen LogP contribution in [0.5, 0.6) is 11.5 Å².